The summed E-state index contributed by atoms with van der Waals surface area (Å²) in [5.74, 6) is 0.0640. The molecule has 0 bridgehead atoms. The summed E-state index contributed by atoms with van der Waals surface area (Å²) in [4.78, 5) is 24.3. The average molecular weight is 369 g/mol. The Bertz CT molecular complexity index is 935. The van der Waals surface area contributed by atoms with Crippen molar-refractivity contribution in [3.8, 4) is 0 Å². The maximum Gasteiger partial charge on any atom is 0.291 e. The van der Waals surface area contributed by atoms with Gasteiger partial charge >= 0.3 is 0 Å². The Kier molecular flexibility index (Phi) is 5.39. The molecule has 0 saturated heterocycles. The second-order valence-corrected chi connectivity index (χ2v) is 6.09. The first-order valence-electron chi connectivity index (χ1n) is 8.03. The molecular formula is C20H17ClN2O3. The van der Waals surface area contributed by atoms with E-state index in [2.05, 4.69) is 10.6 Å². The maximum atomic E-state index is 12.3. The van der Waals surface area contributed by atoms with Gasteiger partial charge < -0.3 is 15.1 Å². The number of anilines is 1. The van der Waals surface area contributed by atoms with Crippen molar-refractivity contribution in [1.29, 1.82) is 0 Å². The summed E-state index contributed by atoms with van der Waals surface area (Å²) in [5, 5.41) is 6.09. The van der Waals surface area contributed by atoms with Crippen LogP contribution in [0.1, 0.15) is 32.2 Å². The van der Waals surface area contributed by atoms with Crippen molar-refractivity contribution in [2.75, 3.05) is 5.32 Å². The highest BCUT2D eigenvalue weighted by molar-refractivity contribution is 6.31. The van der Waals surface area contributed by atoms with E-state index in [-0.39, 0.29) is 24.1 Å². The van der Waals surface area contributed by atoms with E-state index in [1.54, 1.807) is 54.6 Å². The zero-order chi connectivity index (χ0) is 18.5. The molecule has 0 aliphatic carbocycles. The molecule has 0 atom stereocenters. The molecule has 0 spiro atoms. The minimum Gasteiger partial charge on any atom is -0.454 e. The van der Waals surface area contributed by atoms with Crippen LogP contribution in [-0.4, -0.2) is 11.8 Å². The third-order valence-electron chi connectivity index (χ3n) is 3.86. The highest BCUT2D eigenvalue weighted by Gasteiger charge is 2.14. The molecule has 5 nitrogen and oxygen atoms in total. The Morgan fingerprint density at radius 1 is 0.962 bits per heavy atom. The Morgan fingerprint density at radius 3 is 2.50 bits per heavy atom. The lowest BCUT2D eigenvalue weighted by molar-refractivity contribution is 0.0948. The van der Waals surface area contributed by atoms with Gasteiger partial charge in [-0.1, -0.05) is 35.9 Å². The van der Waals surface area contributed by atoms with Crippen molar-refractivity contribution in [3.05, 3.63) is 88.3 Å². The SMILES string of the molecule is Cc1c(Cl)cccc1NC(=O)c1ccc(CNC(=O)c2ccccc2)o1. The van der Waals surface area contributed by atoms with E-state index in [1.165, 1.54) is 0 Å². The Hall–Kier alpha value is -3.05. The van der Waals surface area contributed by atoms with Crippen LogP contribution >= 0.6 is 11.6 Å². The predicted octanol–water partition coefficient (Wildman–Crippen LogP) is 4.42. The lowest BCUT2D eigenvalue weighted by Gasteiger charge is -2.08. The third kappa shape index (κ3) is 4.13. The minimum absolute atomic E-state index is 0.160. The molecule has 0 saturated carbocycles. The van der Waals surface area contributed by atoms with Gasteiger partial charge in [0.25, 0.3) is 11.8 Å². The summed E-state index contributed by atoms with van der Waals surface area (Å²) in [5.41, 5.74) is 1.97. The summed E-state index contributed by atoms with van der Waals surface area (Å²) in [7, 11) is 0. The topological polar surface area (TPSA) is 71.3 Å². The molecule has 0 fully saturated rings. The van der Waals surface area contributed by atoms with Crippen molar-refractivity contribution in [3.63, 3.8) is 0 Å². The Morgan fingerprint density at radius 2 is 1.73 bits per heavy atom. The number of halogens is 1. The van der Waals surface area contributed by atoms with Gasteiger partial charge in [0.15, 0.2) is 5.76 Å². The number of furan rings is 1. The van der Waals surface area contributed by atoms with Gasteiger partial charge in [-0.05, 0) is 48.9 Å². The zero-order valence-electron chi connectivity index (χ0n) is 14.1. The van der Waals surface area contributed by atoms with Gasteiger partial charge in [0.05, 0.1) is 6.54 Å². The number of carbonyl (C=O) groups excluding carboxylic acids is 2. The van der Waals surface area contributed by atoms with E-state index in [9.17, 15) is 9.59 Å². The number of carbonyl (C=O) groups is 2. The number of nitrogens with one attached hydrogen (secondary N) is 2. The molecule has 3 rings (SSSR count). The van der Waals surface area contributed by atoms with E-state index in [4.69, 9.17) is 16.0 Å². The van der Waals surface area contributed by atoms with Gasteiger partial charge in [-0.3, -0.25) is 9.59 Å². The molecule has 2 aromatic carbocycles. The lowest BCUT2D eigenvalue weighted by atomic mass is 10.2. The van der Waals surface area contributed by atoms with Gasteiger partial charge in [0.2, 0.25) is 0 Å². The normalized spacial score (nSPS) is 10.4. The molecular weight excluding hydrogens is 352 g/mol. The number of rotatable bonds is 5. The van der Waals surface area contributed by atoms with Crippen molar-refractivity contribution in [2.45, 2.75) is 13.5 Å². The molecule has 0 unspecified atom stereocenters. The first-order valence-corrected chi connectivity index (χ1v) is 8.41. The van der Waals surface area contributed by atoms with Gasteiger partial charge in [-0.15, -0.1) is 0 Å². The molecule has 3 aromatic rings. The van der Waals surface area contributed by atoms with Gasteiger partial charge in [0, 0.05) is 16.3 Å². The van der Waals surface area contributed by atoms with E-state index >= 15 is 0 Å². The van der Waals surface area contributed by atoms with Crippen LogP contribution < -0.4 is 10.6 Å². The summed E-state index contributed by atoms with van der Waals surface area (Å²) in [6.07, 6.45) is 0. The molecule has 0 aliphatic rings. The van der Waals surface area contributed by atoms with Crippen LogP contribution in [0.5, 0.6) is 0 Å². The summed E-state index contributed by atoms with van der Waals surface area (Å²) >= 11 is 6.05. The molecule has 6 heteroatoms. The predicted molar refractivity (Wildman–Crippen MR) is 100 cm³/mol. The standard InChI is InChI=1S/C20H17ClN2O3/c1-13-16(21)8-5-9-17(13)23-20(25)18-11-10-15(26-18)12-22-19(24)14-6-3-2-4-7-14/h2-11H,12H2,1H3,(H,22,24)(H,23,25). The minimum atomic E-state index is -0.379. The molecule has 1 aromatic heterocycles. The number of hydrogen-bond acceptors (Lipinski definition) is 3. The molecule has 132 valence electrons. The van der Waals surface area contributed by atoms with E-state index in [0.717, 1.165) is 5.56 Å². The molecule has 2 amide bonds. The summed E-state index contributed by atoms with van der Waals surface area (Å²) in [6.45, 7) is 2.02. The van der Waals surface area contributed by atoms with Gasteiger partial charge in [0.1, 0.15) is 5.76 Å². The fourth-order valence-corrected chi connectivity index (χ4v) is 2.56. The van der Waals surface area contributed by atoms with Crippen LogP contribution in [0.2, 0.25) is 5.02 Å². The van der Waals surface area contributed by atoms with E-state index < -0.39 is 0 Å². The second kappa shape index (κ2) is 7.89. The van der Waals surface area contributed by atoms with Crippen LogP contribution in [0.15, 0.2) is 65.1 Å². The van der Waals surface area contributed by atoms with Gasteiger partial charge in [-0.25, -0.2) is 0 Å². The summed E-state index contributed by atoms with van der Waals surface area (Å²) in [6, 6.07) is 17.4. The highest BCUT2D eigenvalue weighted by atomic mass is 35.5. The van der Waals surface area contributed by atoms with Crippen LogP contribution in [0.4, 0.5) is 5.69 Å². The fraction of sp³-hybridized carbons (Fsp3) is 0.100. The molecule has 2 N–H and O–H groups in total. The average Bonchev–Trinajstić information content (AvgIpc) is 3.13. The van der Waals surface area contributed by atoms with Crippen LogP contribution in [0.25, 0.3) is 0 Å². The Balaban J connectivity index is 1.61. The van der Waals surface area contributed by atoms with Gasteiger partial charge in [-0.2, -0.15) is 0 Å². The monoisotopic (exact) mass is 368 g/mol. The van der Waals surface area contributed by atoms with E-state index in [1.807, 2.05) is 13.0 Å². The largest absolute Gasteiger partial charge is 0.454 e. The lowest BCUT2D eigenvalue weighted by Crippen LogP contribution is -2.22. The quantitative estimate of drug-likeness (QED) is 0.700. The highest BCUT2D eigenvalue weighted by Crippen LogP contribution is 2.23. The van der Waals surface area contributed by atoms with Crippen LogP contribution in [-0.2, 0) is 6.54 Å². The Labute approximate surface area is 156 Å². The van der Waals surface area contributed by atoms with Crippen LogP contribution in [0, 0.1) is 6.92 Å². The van der Waals surface area contributed by atoms with Crippen LogP contribution in [0.3, 0.4) is 0 Å². The summed E-state index contributed by atoms with van der Waals surface area (Å²) < 4.78 is 5.51. The first-order chi connectivity index (χ1) is 12.5. The molecule has 26 heavy (non-hydrogen) atoms. The van der Waals surface area contributed by atoms with Crippen molar-refractivity contribution in [1.82, 2.24) is 5.32 Å². The number of benzene rings is 2. The maximum absolute atomic E-state index is 12.3. The molecule has 0 aliphatic heterocycles. The smallest absolute Gasteiger partial charge is 0.291 e. The van der Waals surface area contributed by atoms with Crippen molar-refractivity contribution >= 4 is 29.1 Å². The van der Waals surface area contributed by atoms with E-state index in [0.29, 0.717) is 22.0 Å². The third-order valence-corrected chi connectivity index (χ3v) is 4.27. The fourth-order valence-electron chi connectivity index (χ4n) is 2.38. The number of hydrogen-bond donors (Lipinski definition) is 2. The second-order valence-electron chi connectivity index (χ2n) is 5.68. The zero-order valence-corrected chi connectivity index (χ0v) is 14.8. The number of amides is 2. The molecule has 0 radical (unpaired) electrons. The first kappa shape index (κ1) is 17.8. The molecule has 1 heterocycles. The van der Waals surface area contributed by atoms with Crippen molar-refractivity contribution < 1.29 is 14.0 Å². The van der Waals surface area contributed by atoms with Crippen molar-refractivity contribution in [2.24, 2.45) is 0 Å².